The van der Waals surface area contributed by atoms with E-state index in [1.54, 1.807) is 12.4 Å². The van der Waals surface area contributed by atoms with Crippen molar-refractivity contribution in [2.45, 2.75) is 0 Å². The molecule has 3 nitrogen and oxygen atoms in total. The Morgan fingerprint density at radius 2 is 1.12 bits per heavy atom. The molecule has 0 fully saturated rings. The van der Waals surface area contributed by atoms with Crippen LogP contribution in [0.2, 0.25) is 0 Å². The fourth-order valence-corrected chi connectivity index (χ4v) is 0.633. The van der Waals surface area contributed by atoms with Crippen LogP contribution in [0.25, 0.3) is 0 Å². The van der Waals surface area contributed by atoms with Crippen molar-refractivity contribution in [1.82, 2.24) is 4.98 Å². The van der Waals surface area contributed by atoms with Gasteiger partial charge in [-0.3, -0.25) is 4.98 Å². The second-order valence-corrected chi connectivity index (χ2v) is 1.99. The van der Waals surface area contributed by atoms with E-state index in [2.05, 4.69) is 18.3 Å². The number of hydrogen-bond acceptors (Lipinski definition) is 1. The van der Waals surface area contributed by atoms with Crippen LogP contribution in [0.4, 0.5) is 0 Å². The van der Waals surface area contributed by atoms with Crippen molar-refractivity contribution >= 4 is 0 Å². The van der Waals surface area contributed by atoms with E-state index in [9.17, 15) is 0 Å². The SMILES string of the molecule is [C-]#[O+].[C-]#[O+].[CH]1C=CC=C1.[Re].c1ccncc1. The molecule has 2 radical (unpaired) electrons. The van der Waals surface area contributed by atoms with Gasteiger partial charge in [-0.2, -0.15) is 0 Å². The average molecular weight is 386 g/mol. The molecular formula is C12H10NO2Re. The van der Waals surface area contributed by atoms with E-state index >= 15 is 0 Å². The summed E-state index contributed by atoms with van der Waals surface area (Å²) >= 11 is 0. The Labute approximate surface area is 109 Å². The van der Waals surface area contributed by atoms with Crippen molar-refractivity contribution in [3.8, 4) is 0 Å². The van der Waals surface area contributed by atoms with Gasteiger partial charge in [0.15, 0.2) is 0 Å². The summed E-state index contributed by atoms with van der Waals surface area (Å²) in [6.45, 7) is 9.00. The van der Waals surface area contributed by atoms with Crippen molar-refractivity contribution < 1.29 is 29.7 Å². The first-order chi connectivity index (χ1) is 7.50. The van der Waals surface area contributed by atoms with Gasteiger partial charge >= 0.3 is 22.6 Å². The Hall–Kier alpha value is -1.23. The molecular weight excluding hydrogens is 376 g/mol. The maximum absolute atomic E-state index is 7.50. The van der Waals surface area contributed by atoms with Crippen LogP contribution in [0.3, 0.4) is 0 Å². The smallest absolute Gasteiger partial charge is 0.0267 e. The Kier molecular flexibility index (Phi) is 29.7. The molecule has 0 spiro atoms. The van der Waals surface area contributed by atoms with Crippen LogP contribution in [0.1, 0.15) is 0 Å². The molecule has 4 heteroatoms. The predicted molar refractivity (Wildman–Crippen MR) is 54.7 cm³/mol. The average Bonchev–Trinajstić information content (AvgIpc) is 2.95. The first-order valence-corrected chi connectivity index (χ1v) is 3.92. The van der Waals surface area contributed by atoms with Gasteiger partial charge < -0.3 is 0 Å². The number of pyridine rings is 1. The number of aromatic nitrogens is 1. The van der Waals surface area contributed by atoms with Crippen molar-refractivity contribution in [2.75, 3.05) is 0 Å². The van der Waals surface area contributed by atoms with E-state index in [4.69, 9.17) is 9.30 Å². The Morgan fingerprint density at radius 3 is 1.25 bits per heavy atom. The topological polar surface area (TPSA) is 52.7 Å². The molecule has 0 unspecified atom stereocenters. The summed E-state index contributed by atoms with van der Waals surface area (Å²) in [6.07, 6.45) is 13.5. The minimum atomic E-state index is 0. The van der Waals surface area contributed by atoms with Gasteiger partial charge in [-0.05, 0) is 12.1 Å². The van der Waals surface area contributed by atoms with E-state index in [0.29, 0.717) is 0 Å². The molecule has 2 rings (SSSR count). The molecule has 0 bridgehead atoms. The monoisotopic (exact) mass is 387 g/mol. The van der Waals surface area contributed by atoms with Crippen LogP contribution in [-0.2, 0) is 29.7 Å². The molecule has 0 amide bonds. The molecule has 0 saturated heterocycles. The van der Waals surface area contributed by atoms with Crippen LogP contribution < -0.4 is 0 Å². The van der Waals surface area contributed by atoms with E-state index in [-0.39, 0.29) is 20.4 Å². The van der Waals surface area contributed by atoms with Crippen molar-refractivity contribution in [3.05, 3.63) is 74.6 Å². The number of nitrogens with zero attached hydrogens (tertiary/aromatic N) is 1. The number of rotatable bonds is 0. The van der Waals surface area contributed by atoms with Gasteiger partial charge in [-0.15, -0.1) is 0 Å². The van der Waals surface area contributed by atoms with Crippen LogP contribution in [0.15, 0.2) is 54.9 Å². The summed E-state index contributed by atoms with van der Waals surface area (Å²) in [5.41, 5.74) is 0. The van der Waals surface area contributed by atoms with Gasteiger partial charge in [0, 0.05) is 39.2 Å². The van der Waals surface area contributed by atoms with E-state index in [0.717, 1.165) is 0 Å². The molecule has 0 aliphatic heterocycles. The Balaban J connectivity index is -0.000000156. The molecule has 16 heavy (non-hydrogen) atoms. The van der Waals surface area contributed by atoms with Crippen molar-refractivity contribution in [3.63, 3.8) is 0 Å². The Bertz CT molecular complexity index is 262. The number of allylic oxidation sites excluding steroid dienone is 4. The first kappa shape index (κ1) is 20.2. The normalized spacial score (nSPS) is 8.75. The summed E-state index contributed by atoms with van der Waals surface area (Å²) in [4.78, 5) is 3.78. The standard InChI is InChI=1S/C5H5N.C5H5.2CO.Re/c1-2-4-6-5-3-1;1-2-4-5-3-1;2*1-2;/h1-5H;1-5H;;;. The Morgan fingerprint density at radius 1 is 0.688 bits per heavy atom. The molecule has 1 aromatic heterocycles. The molecule has 1 heterocycles. The molecule has 0 N–H and O–H groups in total. The summed E-state index contributed by atoms with van der Waals surface area (Å²) < 4.78 is 15.0. The second-order valence-electron chi connectivity index (χ2n) is 1.99. The molecule has 0 aromatic carbocycles. The van der Waals surface area contributed by atoms with Gasteiger partial charge in [-0.1, -0.05) is 30.4 Å². The molecule has 1 aliphatic rings. The summed E-state index contributed by atoms with van der Waals surface area (Å²) in [5, 5.41) is 0. The van der Waals surface area contributed by atoms with Crippen molar-refractivity contribution in [1.29, 1.82) is 0 Å². The van der Waals surface area contributed by atoms with Gasteiger partial charge in [0.25, 0.3) is 0 Å². The van der Waals surface area contributed by atoms with Gasteiger partial charge in [0.1, 0.15) is 0 Å². The quantitative estimate of drug-likeness (QED) is 0.499. The zero-order chi connectivity index (χ0) is 11.8. The maximum atomic E-state index is 7.50. The van der Waals surface area contributed by atoms with Gasteiger partial charge in [0.2, 0.25) is 0 Å². The van der Waals surface area contributed by atoms with E-state index < -0.39 is 0 Å². The first-order valence-electron chi connectivity index (χ1n) is 3.92. The summed E-state index contributed by atoms with van der Waals surface area (Å²) in [5.74, 6) is 0. The summed E-state index contributed by atoms with van der Waals surface area (Å²) in [7, 11) is 0. The maximum Gasteiger partial charge on any atom is 0.0267 e. The van der Waals surface area contributed by atoms with Crippen LogP contribution in [-0.4, -0.2) is 4.98 Å². The van der Waals surface area contributed by atoms with E-state index in [1.807, 2.05) is 48.9 Å². The molecule has 82 valence electrons. The van der Waals surface area contributed by atoms with Crippen LogP contribution >= 0.6 is 0 Å². The summed E-state index contributed by atoms with van der Waals surface area (Å²) in [6, 6.07) is 5.72. The fraction of sp³-hybridized carbons (Fsp3) is 0. The van der Waals surface area contributed by atoms with Gasteiger partial charge in [0.05, 0.1) is 0 Å². The fourth-order valence-electron chi connectivity index (χ4n) is 0.633. The molecule has 0 saturated carbocycles. The number of hydrogen-bond donors (Lipinski definition) is 0. The predicted octanol–water partition coefficient (Wildman–Crippen LogP) is 2.32. The third-order valence-corrected chi connectivity index (χ3v) is 1.12. The second kappa shape index (κ2) is 23.5. The minimum Gasteiger partial charge on any atom is -0.265 e. The van der Waals surface area contributed by atoms with Crippen LogP contribution in [0.5, 0.6) is 0 Å². The molecule has 1 aliphatic carbocycles. The van der Waals surface area contributed by atoms with E-state index in [1.165, 1.54) is 0 Å². The van der Waals surface area contributed by atoms with Crippen LogP contribution in [0, 0.1) is 19.7 Å². The van der Waals surface area contributed by atoms with Crippen molar-refractivity contribution in [2.24, 2.45) is 0 Å². The zero-order valence-electron chi connectivity index (χ0n) is 8.42. The third-order valence-electron chi connectivity index (χ3n) is 1.12. The molecule has 0 atom stereocenters. The largest absolute Gasteiger partial charge is 0.265 e. The van der Waals surface area contributed by atoms with Gasteiger partial charge in [-0.25, -0.2) is 0 Å². The zero-order valence-corrected chi connectivity index (χ0v) is 11.1. The molecule has 1 aromatic rings. The third kappa shape index (κ3) is 18.5. The minimum absolute atomic E-state index is 0.